The number of unbranched alkanes of at least 4 members (excludes halogenated alkanes) is 1. The average molecular weight is 345 g/mol. The van der Waals surface area contributed by atoms with Crippen LogP contribution in [0.3, 0.4) is 0 Å². The summed E-state index contributed by atoms with van der Waals surface area (Å²) in [4.78, 5) is 0. The third-order valence-electron chi connectivity index (χ3n) is 0.512. The third-order valence-corrected chi connectivity index (χ3v) is 0.512. The van der Waals surface area contributed by atoms with Crippen LogP contribution in [0.5, 0.6) is 0 Å². The molecule has 4 heteroatoms. The Kier molecular flexibility index (Phi) is 78.7. The van der Waals surface area contributed by atoms with Gasteiger partial charge in [0.1, 0.15) is 0 Å². The Balaban J connectivity index is -0.0000000406. The number of aliphatic hydroxyl groups is 3. The summed E-state index contributed by atoms with van der Waals surface area (Å²) in [6.45, 7) is 6.26. The first-order chi connectivity index (χ1) is 5.24. The summed E-state index contributed by atoms with van der Waals surface area (Å²) in [6, 6.07) is 0. The van der Waals surface area contributed by atoms with Crippen molar-refractivity contribution >= 4 is 0 Å². The second-order valence-corrected chi connectivity index (χ2v) is 1.71. The molecule has 0 aliphatic carbocycles. The molecule has 0 saturated carbocycles. The van der Waals surface area contributed by atoms with Gasteiger partial charge in [-0.25, -0.2) is 0 Å². The molecule has 0 atom stereocenters. The molecule has 0 aromatic heterocycles. The van der Waals surface area contributed by atoms with Crippen LogP contribution in [0.15, 0.2) is 0 Å². The fourth-order valence-electron chi connectivity index (χ4n) is 0.158. The van der Waals surface area contributed by atoms with E-state index in [0.717, 1.165) is 12.8 Å². The molecule has 0 aliphatic rings. The Hall–Kier alpha value is 0.750. The van der Waals surface area contributed by atoms with Gasteiger partial charge in [-0.05, 0) is 20.3 Å². The van der Waals surface area contributed by atoms with E-state index in [4.69, 9.17) is 15.3 Å². The van der Waals surface area contributed by atoms with Crippen molar-refractivity contribution in [1.29, 1.82) is 0 Å². The van der Waals surface area contributed by atoms with Gasteiger partial charge in [0, 0.05) is 45.7 Å². The van der Waals surface area contributed by atoms with Crippen LogP contribution in [0.25, 0.3) is 0 Å². The Morgan fingerprint density at radius 2 is 1.08 bits per heavy atom. The molecule has 0 aromatic carbocycles. The molecule has 0 bridgehead atoms. The summed E-state index contributed by atoms with van der Waals surface area (Å²) in [5, 5.41) is 23.2. The van der Waals surface area contributed by atoms with E-state index in [1.165, 1.54) is 0 Å². The van der Waals surface area contributed by atoms with Crippen LogP contribution in [0, 0.1) is 0 Å². The summed E-state index contributed by atoms with van der Waals surface area (Å²) in [5.74, 6) is 0. The molecule has 12 heavy (non-hydrogen) atoms. The summed E-state index contributed by atoms with van der Waals surface area (Å²) >= 11 is 0. The quantitative estimate of drug-likeness (QED) is 0.649. The van der Waals surface area contributed by atoms with E-state index in [9.17, 15) is 0 Å². The monoisotopic (exact) mass is 346 g/mol. The number of hydrogen-bond acceptors (Lipinski definition) is 3. The largest absolute Gasteiger partial charge is 0.397 e. The standard InChI is InChI=1S/C4H10O.2C2H6O.Hf/c1-2-3-4-5;2*1-2-3;/h5H,2-4H2,1H3;2*3H,2H2,1H3;. The zero-order valence-corrected chi connectivity index (χ0v) is 12.0. The van der Waals surface area contributed by atoms with Crippen molar-refractivity contribution < 1.29 is 41.2 Å². The molecule has 0 aromatic rings. The normalized spacial score (nSPS) is 6.50. The summed E-state index contributed by atoms with van der Waals surface area (Å²) < 4.78 is 0. The molecule has 0 radical (unpaired) electrons. The molecule has 0 unspecified atom stereocenters. The van der Waals surface area contributed by atoms with Gasteiger partial charge in [0.15, 0.2) is 0 Å². The van der Waals surface area contributed by atoms with Gasteiger partial charge in [0.2, 0.25) is 0 Å². The Morgan fingerprint density at radius 1 is 0.833 bits per heavy atom. The Bertz CT molecular complexity index is 33.5. The fraction of sp³-hybridized carbons (Fsp3) is 1.00. The van der Waals surface area contributed by atoms with Crippen molar-refractivity contribution in [2.24, 2.45) is 0 Å². The topological polar surface area (TPSA) is 60.7 Å². The summed E-state index contributed by atoms with van der Waals surface area (Å²) in [7, 11) is 0. The maximum atomic E-state index is 8.07. The van der Waals surface area contributed by atoms with Crippen molar-refractivity contribution in [1.82, 2.24) is 0 Å². The summed E-state index contributed by atoms with van der Waals surface area (Å²) in [6.07, 6.45) is 2.04. The number of rotatable bonds is 2. The number of aliphatic hydroxyl groups excluding tert-OH is 3. The van der Waals surface area contributed by atoms with E-state index in [0.29, 0.717) is 6.61 Å². The molecule has 76 valence electrons. The van der Waals surface area contributed by atoms with Gasteiger partial charge in [0.05, 0.1) is 0 Å². The molecular formula is C8H22HfO3. The maximum absolute atomic E-state index is 8.07. The van der Waals surface area contributed by atoms with Crippen molar-refractivity contribution in [3.63, 3.8) is 0 Å². The minimum atomic E-state index is 0. The molecule has 0 aliphatic heterocycles. The molecule has 0 amide bonds. The van der Waals surface area contributed by atoms with Crippen molar-refractivity contribution in [3.8, 4) is 0 Å². The van der Waals surface area contributed by atoms with E-state index >= 15 is 0 Å². The molecule has 0 rings (SSSR count). The van der Waals surface area contributed by atoms with E-state index in [2.05, 4.69) is 6.92 Å². The summed E-state index contributed by atoms with van der Waals surface area (Å²) in [5.41, 5.74) is 0. The average Bonchev–Trinajstić information content (AvgIpc) is 1.92. The van der Waals surface area contributed by atoms with Gasteiger partial charge >= 0.3 is 0 Å². The van der Waals surface area contributed by atoms with Crippen LogP contribution >= 0.6 is 0 Å². The van der Waals surface area contributed by atoms with Crippen LogP contribution in [0.2, 0.25) is 0 Å². The fourth-order valence-corrected chi connectivity index (χ4v) is 0.158. The zero-order valence-electron chi connectivity index (χ0n) is 8.38. The van der Waals surface area contributed by atoms with E-state index < -0.39 is 0 Å². The van der Waals surface area contributed by atoms with Gasteiger partial charge in [0.25, 0.3) is 0 Å². The third kappa shape index (κ3) is 135. The smallest absolute Gasteiger partial charge is 0.0430 e. The van der Waals surface area contributed by atoms with Crippen LogP contribution in [0.1, 0.15) is 33.6 Å². The first-order valence-electron chi connectivity index (χ1n) is 4.07. The molecule has 0 saturated heterocycles. The maximum Gasteiger partial charge on any atom is 0.0430 e. The number of hydrogen-bond donors (Lipinski definition) is 3. The van der Waals surface area contributed by atoms with Gasteiger partial charge < -0.3 is 15.3 Å². The predicted molar refractivity (Wildman–Crippen MR) is 47.5 cm³/mol. The molecule has 0 spiro atoms. The Labute approximate surface area is 94.6 Å². The van der Waals surface area contributed by atoms with Gasteiger partial charge in [-0.3, -0.25) is 0 Å². The van der Waals surface area contributed by atoms with Gasteiger partial charge in [-0.15, -0.1) is 0 Å². The Morgan fingerprint density at radius 3 is 1.08 bits per heavy atom. The zero-order chi connectivity index (χ0) is 9.54. The SMILES string of the molecule is CCCCO.CCO.CCO.[Hf]. The minimum Gasteiger partial charge on any atom is -0.397 e. The molecule has 3 N–H and O–H groups in total. The van der Waals surface area contributed by atoms with Crippen LogP contribution in [-0.4, -0.2) is 35.1 Å². The second-order valence-electron chi connectivity index (χ2n) is 1.71. The van der Waals surface area contributed by atoms with Gasteiger partial charge in [-0.2, -0.15) is 0 Å². The van der Waals surface area contributed by atoms with Crippen LogP contribution in [0.4, 0.5) is 0 Å². The van der Waals surface area contributed by atoms with Crippen LogP contribution < -0.4 is 0 Å². The first-order valence-corrected chi connectivity index (χ1v) is 4.07. The van der Waals surface area contributed by atoms with E-state index in [1.54, 1.807) is 13.8 Å². The molecule has 3 nitrogen and oxygen atoms in total. The van der Waals surface area contributed by atoms with Crippen molar-refractivity contribution in [2.75, 3.05) is 19.8 Å². The van der Waals surface area contributed by atoms with E-state index in [-0.39, 0.29) is 39.1 Å². The first kappa shape index (κ1) is 23.0. The van der Waals surface area contributed by atoms with Crippen molar-refractivity contribution in [2.45, 2.75) is 33.6 Å². The van der Waals surface area contributed by atoms with E-state index in [1.807, 2.05) is 0 Å². The predicted octanol–water partition coefficient (Wildman–Crippen LogP) is 0.774. The van der Waals surface area contributed by atoms with Gasteiger partial charge in [-0.1, -0.05) is 13.3 Å². The second kappa shape index (κ2) is 41.1. The van der Waals surface area contributed by atoms with Crippen molar-refractivity contribution in [3.05, 3.63) is 0 Å². The van der Waals surface area contributed by atoms with Crippen LogP contribution in [-0.2, 0) is 25.8 Å². The molecule has 0 heterocycles. The molecule has 0 fully saturated rings. The molecular weight excluding hydrogens is 323 g/mol. The minimum absolute atomic E-state index is 0.